The number of hydrogen-bond donors (Lipinski definition) is 1. The van der Waals surface area contributed by atoms with Crippen LogP contribution in [0.2, 0.25) is 0 Å². The minimum Gasteiger partial charge on any atom is -0.481 e. The van der Waals surface area contributed by atoms with Crippen LogP contribution in [0, 0.1) is 0 Å². The molecule has 1 unspecified atom stereocenters. The van der Waals surface area contributed by atoms with E-state index in [1.807, 2.05) is 23.1 Å². The Kier molecular flexibility index (Phi) is 6.08. The molecule has 1 N–H and O–H groups in total. The second-order valence-electron chi connectivity index (χ2n) is 6.74. The lowest BCUT2D eigenvalue weighted by Gasteiger charge is -2.32. The van der Waals surface area contributed by atoms with Gasteiger partial charge >= 0.3 is 0 Å². The van der Waals surface area contributed by atoms with E-state index < -0.39 is 6.10 Å². The molecule has 6 heteroatoms. The molecule has 27 heavy (non-hydrogen) atoms. The highest BCUT2D eigenvalue weighted by atomic mass is 16.5. The van der Waals surface area contributed by atoms with Crippen LogP contribution in [0.5, 0.6) is 5.75 Å². The van der Waals surface area contributed by atoms with Gasteiger partial charge in [0.15, 0.2) is 6.10 Å². The number of nitrogens with zero attached hydrogens (tertiary/aromatic N) is 2. The molecule has 0 saturated carbocycles. The van der Waals surface area contributed by atoms with Crippen molar-refractivity contribution in [3.05, 3.63) is 60.2 Å². The van der Waals surface area contributed by atoms with E-state index >= 15 is 0 Å². The van der Waals surface area contributed by atoms with Crippen molar-refractivity contribution in [2.24, 2.45) is 0 Å². The first-order chi connectivity index (χ1) is 13.0. The van der Waals surface area contributed by atoms with Gasteiger partial charge < -0.3 is 19.9 Å². The van der Waals surface area contributed by atoms with Gasteiger partial charge in [0.1, 0.15) is 5.75 Å². The number of likely N-dealkylation sites (N-methyl/N-ethyl adjacent to an activating group) is 1. The molecule has 0 radical (unpaired) electrons. The van der Waals surface area contributed by atoms with Gasteiger partial charge in [0.05, 0.1) is 0 Å². The number of ether oxygens (including phenoxy) is 1. The highest BCUT2D eigenvalue weighted by Gasteiger charge is 2.21. The van der Waals surface area contributed by atoms with Crippen LogP contribution in [-0.2, 0) is 4.79 Å². The summed E-state index contributed by atoms with van der Waals surface area (Å²) in [6.45, 7) is 4.87. The van der Waals surface area contributed by atoms with E-state index in [-0.39, 0.29) is 11.8 Å². The van der Waals surface area contributed by atoms with Crippen LogP contribution in [0.4, 0.5) is 5.69 Å². The van der Waals surface area contributed by atoms with Gasteiger partial charge in [-0.1, -0.05) is 24.3 Å². The van der Waals surface area contributed by atoms with Gasteiger partial charge in [-0.25, -0.2) is 0 Å². The summed E-state index contributed by atoms with van der Waals surface area (Å²) < 4.78 is 5.64. The summed E-state index contributed by atoms with van der Waals surface area (Å²) in [5.41, 5.74) is 1.16. The summed E-state index contributed by atoms with van der Waals surface area (Å²) in [4.78, 5) is 29.1. The Labute approximate surface area is 159 Å². The maximum absolute atomic E-state index is 12.7. The van der Waals surface area contributed by atoms with Crippen LogP contribution >= 0.6 is 0 Å². The van der Waals surface area contributed by atoms with E-state index in [1.165, 1.54) is 0 Å². The lowest BCUT2D eigenvalue weighted by molar-refractivity contribution is -0.122. The third-order valence-corrected chi connectivity index (χ3v) is 4.59. The average molecular weight is 367 g/mol. The Hall–Kier alpha value is -2.86. The molecular weight excluding hydrogens is 342 g/mol. The van der Waals surface area contributed by atoms with Crippen LogP contribution in [-0.4, -0.2) is 60.9 Å². The summed E-state index contributed by atoms with van der Waals surface area (Å²) in [6.07, 6.45) is -0.649. The number of amides is 2. The largest absolute Gasteiger partial charge is 0.481 e. The summed E-state index contributed by atoms with van der Waals surface area (Å²) in [6, 6.07) is 16.3. The fraction of sp³-hybridized carbons (Fsp3) is 0.333. The van der Waals surface area contributed by atoms with Crippen molar-refractivity contribution in [1.82, 2.24) is 9.80 Å². The highest BCUT2D eigenvalue weighted by Crippen LogP contribution is 2.16. The summed E-state index contributed by atoms with van der Waals surface area (Å²) in [5, 5.41) is 2.82. The maximum atomic E-state index is 12.7. The molecule has 3 rings (SSSR count). The van der Waals surface area contributed by atoms with Gasteiger partial charge in [0, 0.05) is 37.4 Å². The lowest BCUT2D eigenvalue weighted by Crippen LogP contribution is -2.47. The van der Waals surface area contributed by atoms with Crippen LogP contribution < -0.4 is 10.1 Å². The van der Waals surface area contributed by atoms with Crippen LogP contribution in [0.25, 0.3) is 0 Å². The zero-order valence-electron chi connectivity index (χ0n) is 15.7. The Morgan fingerprint density at radius 2 is 1.70 bits per heavy atom. The molecule has 1 heterocycles. The number of carbonyl (C=O) groups is 2. The smallest absolute Gasteiger partial charge is 0.265 e. The van der Waals surface area contributed by atoms with E-state index in [4.69, 9.17) is 4.74 Å². The second kappa shape index (κ2) is 8.68. The molecule has 1 fully saturated rings. The molecule has 142 valence electrons. The number of para-hydroxylation sites is 1. The number of benzene rings is 2. The predicted molar refractivity (Wildman–Crippen MR) is 105 cm³/mol. The number of nitrogens with one attached hydrogen (secondary N) is 1. The monoisotopic (exact) mass is 367 g/mol. The topological polar surface area (TPSA) is 61.9 Å². The molecule has 2 amide bonds. The number of hydrogen-bond acceptors (Lipinski definition) is 4. The highest BCUT2D eigenvalue weighted by molar-refractivity contribution is 5.98. The molecule has 1 aliphatic rings. The van der Waals surface area contributed by atoms with E-state index in [1.54, 1.807) is 43.3 Å². The van der Waals surface area contributed by atoms with Gasteiger partial charge in [-0.15, -0.1) is 0 Å². The standard InChI is InChI=1S/C21H25N3O3/c1-16(27-19-9-4-3-5-10-19)20(25)22-18-8-6-7-17(15-18)21(26)24-13-11-23(2)12-14-24/h3-10,15-16H,11-14H2,1-2H3,(H,22,25). The summed E-state index contributed by atoms with van der Waals surface area (Å²) >= 11 is 0. The minimum atomic E-state index is -0.649. The van der Waals surface area contributed by atoms with Crippen LogP contribution in [0.15, 0.2) is 54.6 Å². The number of carbonyl (C=O) groups excluding carboxylic acids is 2. The molecule has 0 spiro atoms. The molecular formula is C21H25N3O3. The van der Waals surface area contributed by atoms with Crippen molar-refractivity contribution in [1.29, 1.82) is 0 Å². The Bertz CT molecular complexity index is 786. The van der Waals surface area contributed by atoms with Crippen molar-refractivity contribution in [2.45, 2.75) is 13.0 Å². The summed E-state index contributed by atoms with van der Waals surface area (Å²) in [5.74, 6) is 0.370. The van der Waals surface area contributed by atoms with Crippen molar-refractivity contribution in [3.8, 4) is 5.75 Å². The van der Waals surface area contributed by atoms with Crippen molar-refractivity contribution < 1.29 is 14.3 Å². The number of anilines is 1. The number of rotatable bonds is 5. The molecule has 1 saturated heterocycles. The van der Waals surface area contributed by atoms with Crippen LogP contribution in [0.1, 0.15) is 17.3 Å². The number of piperazine rings is 1. The Morgan fingerprint density at radius 1 is 1.00 bits per heavy atom. The molecule has 0 aliphatic carbocycles. The summed E-state index contributed by atoms with van der Waals surface area (Å²) in [7, 11) is 2.05. The Morgan fingerprint density at radius 3 is 2.41 bits per heavy atom. The molecule has 6 nitrogen and oxygen atoms in total. The second-order valence-corrected chi connectivity index (χ2v) is 6.74. The fourth-order valence-electron chi connectivity index (χ4n) is 2.92. The third-order valence-electron chi connectivity index (χ3n) is 4.59. The first-order valence-corrected chi connectivity index (χ1v) is 9.13. The van der Waals surface area contributed by atoms with E-state index in [2.05, 4.69) is 17.3 Å². The Balaban J connectivity index is 1.61. The average Bonchev–Trinajstić information content (AvgIpc) is 2.69. The zero-order chi connectivity index (χ0) is 19.2. The van der Waals surface area contributed by atoms with E-state index in [9.17, 15) is 9.59 Å². The molecule has 2 aromatic carbocycles. The first kappa shape index (κ1) is 18.9. The normalized spacial score (nSPS) is 15.9. The quantitative estimate of drug-likeness (QED) is 0.882. The van der Waals surface area contributed by atoms with Gasteiger partial charge in [-0.3, -0.25) is 9.59 Å². The van der Waals surface area contributed by atoms with Gasteiger partial charge in [-0.05, 0) is 44.3 Å². The zero-order valence-corrected chi connectivity index (χ0v) is 15.7. The van der Waals surface area contributed by atoms with Crippen molar-refractivity contribution >= 4 is 17.5 Å². The predicted octanol–water partition coefficient (Wildman–Crippen LogP) is 2.48. The first-order valence-electron chi connectivity index (χ1n) is 9.13. The molecule has 0 aromatic heterocycles. The van der Waals surface area contributed by atoms with Gasteiger partial charge in [-0.2, -0.15) is 0 Å². The SMILES string of the molecule is CC(Oc1ccccc1)C(=O)Nc1cccc(C(=O)N2CCN(C)CC2)c1. The van der Waals surface area contributed by atoms with Crippen molar-refractivity contribution in [2.75, 3.05) is 38.5 Å². The molecule has 2 aromatic rings. The molecule has 0 bridgehead atoms. The van der Waals surface area contributed by atoms with Gasteiger partial charge in [0.25, 0.3) is 11.8 Å². The van der Waals surface area contributed by atoms with Crippen molar-refractivity contribution in [3.63, 3.8) is 0 Å². The molecule has 1 atom stereocenters. The maximum Gasteiger partial charge on any atom is 0.265 e. The minimum absolute atomic E-state index is 0.00668. The van der Waals surface area contributed by atoms with Gasteiger partial charge in [0.2, 0.25) is 0 Å². The fourth-order valence-corrected chi connectivity index (χ4v) is 2.92. The lowest BCUT2D eigenvalue weighted by atomic mass is 10.1. The van der Waals surface area contributed by atoms with E-state index in [0.717, 1.165) is 13.1 Å². The van der Waals surface area contributed by atoms with E-state index in [0.29, 0.717) is 30.1 Å². The third kappa shape index (κ3) is 5.08. The van der Waals surface area contributed by atoms with Crippen LogP contribution in [0.3, 0.4) is 0 Å². The molecule has 1 aliphatic heterocycles.